The van der Waals surface area contributed by atoms with Crippen molar-refractivity contribution in [1.29, 1.82) is 0 Å². The molecular formula is C11H19NO. The van der Waals surface area contributed by atoms with E-state index in [4.69, 9.17) is 4.42 Å². The molecular weight excluding hydrogens is 162 g/mol. The third kappa shape index (κ3) is 2.06. The Kier molecular flexibility index (Phi) is 3.02. The van der Waals surface area contributed by atoms with Gasteiger partial charge < -0.3 is 9.73 Å². The molecule has 0 aliphatic rings. The number of anilines is 1. The Morgan fingerprint density at radius 2 is 1.92 bits per heavy atom. The first-order chi connectivity index (χ1) is 6.06. The van der Waals surface area contributed by atoms with E-state index in [1.165, 1.54) is 5.56 Å². The van der Waals surface area contributed by atoms with E-state index >= 15 is 0 Å². The van der Waals surface area contributed by atoms with Gasteiger partial charge in [-0.3, -0.25) is 0 Å². The highest BCUT2D eigenvalue weighted by atomic mass is 16.4. The Hall–Kier alpha value is -0.920. The van der Waals surface area contributed by atoms with Crippen LogP contribution in [0.5, 0.6) is 0 Å². The van der Waals surface area contributed by atoms with E-state index < -0.39 is 0 Å². The van der Waals surface area contributed by atoms with Crippen molar-refractivity contribution in [2.45, 2.75) is 33.6 Å². The van der Waals surface area contributed by atoms with Crippen LogP contribution in [0.15, 0.2) is 10.5 Å². The van der Waals surface area contributed by atoms with E-state index in [-0.39, 0.29) is 0 Å². The minimum Gasteiger partial charge on any atom is -0.445 e. The van der Waals surface area contributed by atoms with Crippen LogP contribution in [0, 0.1) is 12.8 Å². The SMILES string of the molecule is CNc1cc(C)c(C(C)C(C)C)o1. The summed E-state index contributed by atoms with van der Waals surface area (Å²) in [5.74, 6) is 3.08. The number of furan rings is 1. The monoisotopic (exact) mass is 181 g/mol. The molecule has 1 unspecified atom stereocenters. The molecule has 0 saturated carbocycles. The topological polar surface area (TPSA) is 25.2 Å². The molecule has 1 aromatic rings. The second kappa shape index (κ2) is 3.86. The van der Waals surface area contributed by atoms with Gasteiger partial charge in [0.05, 0.1) is 0 Å². The summed E-state index contributed by atoms with van der Waals surface area (Å²) in [6.45, 7) is 8.73. The Bertz CT molecular complexity index is 276. The second-order valence-electron chi connectivity index (χ2n) is 3.94. The number of hydrogen-bond acceptors (Lipinski definition) is 2. The van der Waals surface area contributed by atoms with Gasteiger partial charge in [0.2, 0.25) is 0 Å². The standard InChI is InChI=1S/C11H19NO/c1-7(2)9(4)11-8(3)6-10(12-5)13-11/h6-7,9,12H,1-5H3. The zero-order chi connectivity index (χ0) is 10.0. The molecule has 1 aromatic heterocycles. The molecule has 74 valence electrons. The van der Waals surface area contributed by atoms with Crippen molar-refractivity contribution in [2.24, 2.45) is 5.92 Å². The fraction of sp³-hybridized carbons (Fsp3) is 0.636. The van der Waals surface area contributed by atoms with E-state index in [0.717, 1.165) is 11.6 Å². The maximum Gasteiger partial charge on any atom is 0.193 e. The molecule has 1 N–H and O–H groups in total. The fourth-order valence-electron chi connectivity index (χ4n) is 1.37. The van der Waals surface area contributed by atoms with Crippen molar-refractivity contribution in [3.8, 4) is 0 Å². The first-order valence-corrected chi connectivity index (χ1v) is 4.84. The van der Waals surface area contributed by atoms with Crippen LogP contribution >= 0.6 is 0 Å². The van der Waals surface area contributed by atoms with E-state index in [0.29, 0.717) is 11.8 Å². The third-order valence-electron chi connectivity index (χ3n) is 2.62. The summed E-state index contributed by atoms with van der Waals surface area (Å²) < 4.78 is 5.68. The molecule has 0 amide bonds. The maximum absolute atomic E-state index is 5.68. The van der Waals surface area contributed by atoms with Crippen LogP contribution in [0.4, 0.5) is 5.88 Å². The summed E-state index contributed by atoms with van der Waals surface area (Å²) in [7, 11) is 1.88. The van der Waals surface area contributed by atoms with Crippen LogP contribution in [0.1, 0.15) is 38.0 Å². The lowest BCUT2D eigenvalue weighted by atomic mass is 9.94. The van der Waals surface area contributed by atoms with Gasteiger partial charge in [-0.15, -0.1) is 0 Å². The molecule has 13 heavy (non-hydrogen) atoms. The predicted octanol–water partition coefficient (Wildman–Crippen LogP) is 3.39. The van der Waals surface area contributed by atoms with Crippen molar-refractivity contribution >= 4 is 5.88 Å². The van der Waals surface area contributed by atoms with Crippen molar-refractivity contribution in [3.05, 3.63) is 17.4 Å². The smallest absolute Gasteiger partial charge is 0.193 e. The van der Waals surface area contributed by atoms with Gasteiger partial charge in [0.15, 0.2) is 5.88 Å². The summed E-state index contributed by atoms with van der Waals surface area (Å²) in [5.41, 5.74) is 1.24. The van der Waals surface area contributed by atoms with Gasteiger partial charge >= 0.3 is 0 Å². The number of nitrogens with one attached hydrogen (secondary N) is 1. The molecule has 1 rings (SSSR count). The van der Waals surface area contributed by atoms with E-state index in [9.17, 15) is 0 Å². The van der Waals surface area contributed by atoms with Crippen LogP contribution in [0.25, 0.3) is 0 Å². The van der Waals surface area contributed by atoms with Gasteiger partial charge in [-0.2, -0.15) is 0 Å². The van der Waals surface area contributed by atoms with Crippen molar-refractivity contribution in [2.75, 3.05) is 12.4 Å². The van der Waals surface area contributed by atoms with Crippen LogP contribution in [0.2, 0.25) is 0 Å². The van der Waals surface area contributed by atoms with Crippen LogP contribution in [-0.2, 0) is 0 Å². The first-order valence-electron chi connectivity index (χ1n) is 4.84. The number of rotatable bonds is 3. The third-order valence-corrected chi connectivity index (χ3v) is 2.62. The Morgan fingerprint density at radius 3 is 2.31 bits per heavy atom. The zero-order valence-corrected chi connectivity index (χ0v) is 9.14. The Balaban J connectivity index is 2.93. The minimum atomic E-state index is 0.488. The summed E-state index contributed by atoms with van der Waals surface area (Å²) >= 11 is 0. The molecule has 0 aromatic carbocycles. The molecule has 0 radical (unpaired) electrons. The average molecular weight is 181 g/mol. The molecule has 0 aliphatic carbocycles. The lowest BCUT2D eigenvalue weighted by Gasteiger charge is -2.13. The maximum atomic E-state index is 5.68. The fourth-order valence-corrected chi connectivity index (χ4v) is 1.37. The Morgan fingerprint density at radius 1 is 1.31 bits per heavy atom. The predicted molar refractivity (Wildman–Crippen MR) is 56.2 cm³/mol. The average Bonchev–Trinajstić information content (AvgIpc) is 2.45. The van der Waals surface area contributed by atoms with Crippen LogP contribution < -0.4 is 5.32 Å². The van der Waals surface area contributed by atoms with Gasteiger partial charge in [0, 0.05) is 19.0 Å². The van der Waals surface area contributed by atoms with Crippen molar-refractivity contribution in [1.82, 2.24) is 0 Å². The summed E-state index contributed by atoms with van der Waals surface area (Å²) in [5, 5.41) is 3.02. The summed E-state index contributed by atoms with van der Waals surface area (Å²) in [6.07, 6.45) is 0. The van der Waals surface area contributed by atoms with E-state index in [1.807, 2.05) is 13.1 Å². The van der Waals surface area contributed by atoms with Crippen LogP contribution in [-0.4, -0.2) is 7.05 Å². The van der Waals surface area contributed by atoms with Gasteiger partial charge in [-0.05, 0) is 18.4 Å². The molecule has 0 saturated heterocycles. The highest BCUT2D eigenvalue weighted by molar-refractivity contribution is 5.38. The largest absolute Gasteiger partial charge is 0.445 e. The molecule has 0 aliphatic heterocycles. The minimum absolute atomic E-state index is 0.488. The van der Waals surface area contributed by atoms with Crippen molar-refractivity contribution in [3.63, 3.8) is 0 Å². The van der Waals surface area contributed by atoms with Gasteiger partial charge in [0.25, 0.3) is 0 Å². The van der Waals surface area contributed by atoms with Gasteiger partial charge in [0.1, 0.15) is 5.76 Å². The number of aryl methyl sites for hydroxylation is 1. The highest BCUT2D eigenvalue weighted by Crippen LogP contribution is 2.30. The lowest BCUT2D eigenvalue weighted by Crippen LogP contribution is -2.01. The molecule has 0 spiro atoms. The molecule has 1 heterocycles. The van der Waals surface area contributed by atoms with E-state index in [1.54, 1.807) is 0 Å². The summed E-state index contributed by atoms with van der Waals surface area (Å²) in [6, 6.07) is 2.05. The van der Waals surface area contributed by atoms with E-state index in [2.05, 4.69) is 33.0 Å². The van der Waals surface area contributed by atoms with Gasteiger partial charge in [-0.1, -0.05) is 20.8 Å². The number of hydrogen-bond donors (Lipinski definition) is 1. The lowest BCUT2D eigenvalue weighted by molar-refractivity contribution is 0.419. The molecule has 0 fully saturated rings. The molecule has 2 heteroatoms. The quantitative estimate of drug-likeness (QED) is 0.773. The second-order valence-corrected chi connectivity index (χ2v) is 3.94. The Labute approximate surface area is 80.3 Å². The van der Waals surface area contributed by atoms with Crippen molar-refractivity contribution < 1.29 is 4.42 Å². The molecule has 1 atom stereocenters. The normalized spacial score (nSPS) is 13.4. The summed E-state index contributed by atoms with van der Waals surface area (Å²) in [4.78, 5) is 0. The highest BCUT2D eigenvalue weighted by Gasteiger charge is 2.17. The zero-order valence-electron chi connectivity index (χ0n) is 9.14. The van der Waals surface area contributed by atoms with Crippen LogP contribution in [0.3, 0.4) is 0 Å². The molecule has 0 bridgehead atoms. The first kappa shape index (κ1) is 10.2. The molecule has 2 nitrogen and oxygen atoms in total. The van der Waals surface area contributed by atoms with Gasteiger partial charge in [-0.25, -0.2) is 0 Å².